The lowest BCUT2D eigenvalue weighted by Gasteiger charge is -2.06. The lowest BCUT2D eigenvalue weighted by atomic mass is 10.1. The monoisotopic (exact) mass is 294 g/mol. The highest BCUT2D eigenvalue weighted by molar-refractivity contribution is 6.30. The minimum atomic E-state index is -2.53. The highest BCUT2D eigenvalue weighted by Gasteiger charge is 2.11. The van der Waals surface area contributed by atoms with Crippen molar-refractivity contribution >= 4 is 17.8 Å². The average molecular weight is 295 g/mol. The zero-order valence-electron chi connectivity index (χ0n) is 10.4. The van der Waals surface area contributed by atoms with E-state index < -0.39 is 6.43 Å². The summed E-state index contributed by atoms with van der Waals surface area (Å²) in [6, 6.07) is 13.0. The minimum absolute atomic E-state index is 0.0267. The first-order valence-corrected chi connectivity index (χ1v) is 6.24. The first-order chi connectivity index (χ1) is 9.66. The van der Waals surface area contributed by atoms with Gasteiger partial charge in [-0.25, -0.2) is 8.78 Å². The molecule has 0 saturated heterocycles. The van der Waals surface area contributed by atoms with Gasteiger partial charge in [0.2, 0.25) is 0 Å². The van der Waals surface area contributed by atoms with E-state index in [1.165, 1.54) is 6.07 Å². The molecule has 0 aromatic heterocycles. The molecule has 0 fully saturated rings. The molecule has 2 nitrogen and oxygen atoms in total. The van der Waals surface area contributed by atoms with E-state index in [1.807, 2.05) is 0 Å². The second-order valence-electron chi connectivity index (χ2n) is 3.98. The molecule has 0 spiro atoms. The van der Waals surface area contributed by atoms with E-state index in [9.17, 15) is 8.78 Å². The number of rotatable bonds is 5. The Morgan fingerprint density at radius 3 is 2.50 bits per heavy atom. The maximum atomic E-state index is 12.7. The molecule has 2 aromatic carbocycles. The highest BCUT2D eigenvalue weighted by Crippen LogP contribution is 2.23. The van der Waals surface area contributed by atoms with Gasteiger partial charge in [-0.15, -0.1) is 0 Å². The second kappa shape index (κ2) is 7.01. The molecule has 0 bridgehead atoms. The van der Waals surface area contributed by atoms with E-state index in [1.54, 1.807) is 42.5 Å². The van der Waals surface area contributed by atoms with Crippen LogP contribution in [0.5, 0.6) is 0 Å². The molecule has 20 heavy (non-hydrogen) atoms. The Hall–Kier alpha value is -1.94. The Balaban J connectivity index is 1.94. The Morgan fingerprint density at radius 1 is 1.10 bits per heavy atom. The van der Waals surface area contributed by atoms with Gasteiger partial charge >= 0.3 is 0 Å². The van der Waals surface area contributed by atoms with E-state index in [0.29, 0.717) is 16.1 Å². The van der Waals surface area contributed by atoms with Crippen LogP contribution in [-0.4, -0.2) is 6.21 Å². The third-order valence-corrected chi connectivity index (χ3v) is 2.85. The van der Waals surface area contributed by atoms with Crippen LogP contribution in [0, 0.1) is 0 Å². The third-order valence-electron chi connectivity index (χ3n) is 2.59. The Morgan fingerprint density at radius 2 is 1.80 bits per heavy atom. The van der Waals surface area contributed by atoms with Crippen LogP contribution in [0.2, 0.25) is 5.02 Å². The van der Waals surface area contributed by atoms with Gasteiger partial charge in [0.1, 0.15) is 12.8 Å². The van der Waals surface area contributed by atoms with Gasteiger partial charge in [-0.05, 0) is 12.1 Å². The summed E-state index contributed by atoms with van der Waals surface area (Å²) in [4.78, 5) is 4.99. The van der Waals surface area contributed by atoms with Gasteiger partial charge in [-0.2, -0.15) is 0 Å². The molecule has 103 valence electrons. The van der Waals surface area contributed by atoms with Gasteiger partial charge in [0, 0.05) is 21.7 Å². The molecule has 0 saturated carbocycles. The van der Waals surface area contributed by atoms with Gasteiger partial charge < -0.3 is 4.84 Å². The summed E-state index contributed by atoms with van der Waals surface area (Å²) in [5.74, 6) is 0. The fraction of sp³-hybridized carbons (Fsp3) is 0.133. The standard InChI is InChI=1S/C15H11ClF2NO/c16-13-7-5-11(6-8-13)9-19-20-10-12-3-1-2-4-14(12)15(17)18/h1-8,15H,10H2. The van der Waals surface area contributed by atoms with Crippen LogP contribution >= 0.6 is 11.6 Å². The van der Waals surface area contributed by atoms with Crippen molar-refractivity contribution in [2.45, 2.75) is 13.0 Å². The molecular formula is C15H11ClF2NO. The first kappa shape index (κ1) is 14.5. The topological polar surface area (TPSA) is 21.6 Å². The van der Waals surface area contributed by atoms with Crippen molar-refractivity contribution in [2.24, 2.45) is 5.16 Å². The number of nitrogens with zero attached hydrogens (tertiary/aromatic N) is 1. The molecule has 0 amide bonds. The van der Waals surface area contributed by atoms with Crippen molar-refractivity contribution in [2.75, 3.05) is 0 Å². The molecular weight excluding hydrogens is 284 g/mol. The highest BCUT2D eigenvalue weighted by atomic mass is 35.5. The summed E-state index contributed by atoms with van der Waals surface area (Å²) in [6.45, 7) is -0.0267. The fourth-order valence-electron chi connectivity index (χ4n) is 1.59. The zero-order valence-corrected chi connectivity index (χ0v) is 11.1. The van der Waals surface area contributed by atoms with Crippen LogP contribution < -0.4 is 0 Å². The van der Waals surface area contributed by atoms with E-state index in [0.717, 1.165) is 0 Å². The van der Waals surface area contributed by atoms with Crippen molar-refractivity contribution in [3.63, 3.8) is 0 Å². The van der Waals surface area contributed by atoms with Crippen LogP contribution in [0.3, 0.4) is 0 Å². The Bertz CT molecular complexity index is 585. The van der Waals surface area contributed by atoms with Crippen LogP contribution in [0.1, 0.15) is 23.1 Å². The van der Waals surface area contributed by atoms with Crippen molar-refractivity contribution in [3.8, 4) is 0 Å². The van der Waals surface area contributed by atoms with Gasteiger partial charge in [0.05, 0.1) is 0 Å². The zero-order chi connectivity index (χ0) is 14.4. The summed E-state index contributed by atoms with van der Waals surface area (Å²) in [7, 11) is 0. The summed E-state index contributed by atoms with van der Waals surface area (Å²) in [6.07, 6.45) is 0.119. The lowest BCUT2D eigenvalue weighted by molar-refractivity contribution is 0.120. The quantitative estimate of drug-likeness (QED) is 0.578. The summed E-state index contributed by atoms with van der Waals surface area (Å²) in [5, 5.41) is 4.24. The van der Waals surface area contributed by atoms with Crippen LogP contribution in [0.4, 0.5) is 8.78 Å². The second-order valence-corrected chi connectivity index (χ2v) is 4.42. The van der Waals surface area contributed by atoms with E-state index >= 15 is 0 Å². The molecule has 5 heteroatoms. The van der Waals surface area contributed by atoms with Crippen molar-refractivity contribution in [1.82, 2.24) is 0 Å². The number of benzene rings is 2. The van der Waals surface area contributed by atoms with Crippen LogP contribution in [0.15, 0.2) is 53.7 Å². The molecule has 0 aliphatic heterocycles. The SMILES string of the molecule is FC(F)c1ccccc1CO/N=[C]\c1ccc(Cl)cc1. The molecule has 0 N–H and O–H groups in total. The molecule has 0 aliphatic carbocycles. The molecule has 2 aromatic rings. The van der Waals surface area contributed by atoms with Crippen molar-refractivity contribution in [3.05, 3.63) is 70.2 Å². The maximum Gasteiger partial charge on any atom is 0.264 e. The number of hydrogen-bond donors (Lipinski definition) is 0. The third kappa shape index (κ3) is 4.03. The number of hydrogen-bond acceptors (Lipinski definition) is 2. The summed E-state index contributed by atoms with van der Waals surface area (Å²) in [5.41, 5.74) is 1.05. The fourth-order valence-corrected chi connectivity index (χ4v) is 1.72. The molecule has 0 aliphatic rings. The Labute approximate surface area is 120 Å². The number of halogens is 3. The molecule has 0 atom stereocenters. The minimum Gasteiger partial charge on any atom is -0.390 e. The largest absolute Gasteiger partial charge is 0.390 e. The van der Waals surface area contributed by atoms with Crippen LogP contribution in [-0.2, 0) is 11.4 Å². The summed E-state index contributed by atoms with van der Waals surface area (Å²) >= 11 is 5.74. The van der Waals surface area contributed by atoms with Gasteiger partial charge in [-0.3, -0.25) is 0 Å². The van der Waals surface area contributed by atoms with Crippen molar-refractivity contribution in [1.29, 1.82) is 0 Å². The van der Waals surface area contributed by atoms with Gasteiger partial charge in [-0.1, -0.05) is 53.2 Å². The Kier molecular flexibility index (Phi) is 5.07. The van der Waals surface area contributed by atoms with E-state index in [2.05, 4.69) is 11.4 Å². The average Bonchev–Trinajstić information content (AvgIpc) is 2.46. The molecule has 0 heterocycles. The van der Waals surface area contributed by atoms with Gasteiger partial charge in [0.25, 0.3) is 6.43 Å². The van der Waals surface area contributed by atoms with Crippen molar-refractivity contribution < 1.29 is 13.6 Å². The van der Waals surface area contributed by atoms with Gasteiger partial charge in [0.15, 0.2) is 0 Å². The maximum absolute atomic E-state index is 12.7. The normalized spacial score (nSPS) is 11.2. The smallest absolute Gasteiger partial charge is 0.264 e. The summed E-state index contributed by atoms with van der Waals surface area (Å²) < 4.78 is 25.5. The predicted molar refractivity (Wildman–Crippen MR) is 74.2 cm³/mol. The molecule has 0 unspecified atom stereocenters. The molecule has 2 rings (SSSR count). The van der Waals surface area contributed by atoms with Crippen LogP contribution in [0.25, 0.3) is 0 Å². The van der Waals surface area contributed by atoms with E-state index in [-0.39, 0.29) is 12.2 Å². The lowest BCUT2D eigenvalue weighted by Crippen LogP contribution is -1.95. The number of alkyl halides is 2. The van der Waals surface area contributed by atoms with E-state index in [4.69, 9.17) is 16.4 Å². The molecule has 1 radical (unpaired) electrons. The predicted octanol–water partition coefficient (Wildman–Crippen LogP) is 4.71. The first-order valence-electron chi connectivity index (χ1n) is 5.86.